The molecule has 1 saturated carbocycles. The van der Waals surface area contributed by atoms with E-state index in [4.69, 9.17) is 21.3 Å². The Labute approximate surface area is 263 Å². The zero-order valence-corrected chi connectivity index (χ0v) is 25.9. The summed E-state index contributed by atoms with van der Waals surface area (Å²) >= 11 is 0. The van der Waals surface area contributed by atoms with Crippen LogP contribution in [-0.4, -0.2) is 102 Å². The van der Waals surface area contributed by atoms with Crippen molar-refractivity contribution < 1.29 is 19.0 Å². The zero-order chi connectivity index (χ0) is 31.5. The van der Waals surface area contributed by atoms with E-state index in [1.54, 1.807) is 11.0 Å². The van der Waals surface area contributed by atoms with Gasteiger partial charge < -0.3 is 29.4 Å². The van der Waals surface area contributed by atoms with Gasteiger partial charge in [0.2, 0.25) is 12.5 Å². The minimum Gasteiger partial charge on any atom is -0.508 e. The number of rotatable bonds is 10. The number of fused-ring (bicyclic) bond motifs is 2. The van der Waals surface area contributed by atoms with Crippen LogP contribution in [0.4, 0.5) is 15.9 Å². The van der Waals surface area contributed by atoms with E-state index >= 15 is 0 Å². The van der Waals surface area contributed by atoms with Crippen LogP contribution < -0.4 is 14.5 Å². The summed E-state index contributed by atoms with van der Waals surface area (Å²) in [6.07, 6.45) is 5.45. The van der Waals surface area contributed by atoms with Crippen LogP contribution in [0.3, 0.4) is 0 Å². The van der Waals surface area contributed by atoms with Gasteiger partial charge in [0.25, 0.3) is 0 Å². The smallest absolute Gasteiger partial charge is 0.318 e. The van der Waals surface area contributed by atoms with E-state index in [9.17, 15) is 14.3 Å². The zero-order valence-electron chi connectivity index (χ0n) is 25.9. The molecule has 2 aromatic carbocycles. The van der Waals surface area contributed by atoms with Gasteiger partial charge in [-0.1, -0.05) is 24.3 Å². The molecule has 3 heterocycles. The molecule has 45 heavy (non-hydrogen) atoms. The lowest BCUT2D eigenvalue weighted by molar-refractivity contribution is -0.128. The molecule has 1 amide bonds. The Morgan fingerprint density at radius 1 is 1.22 bits per heavy atom. The van der Waals surface area contributed by atoms with E-state index in [1.165, 1.54) is 25.0 Å². The summed E-state index contributed by atoms with van der Waals surface area (Å²) in [6, 6.07) is 12.2. The number of likely N-dealkylation sites (N-methyl/N-ethyl adjacent to an activating group) is 1. The van der Waals surface area contributed by atoms with Crippen LogP contribution in [0.5, 0.6) is 11.8 Å². The number of phenols is 1. The summed E-state index contributed by atoms with van der Waals surface area (Å²) in [6.45, 7) is 12.3. The van der Waals surface area contributed by atoms with E-state index in [0.717, 1.165) is 40.1 Å². The second-order valence-electron chi connectivity index (χ2n) is 12.2. The number of amides is 1. The van der Waals surface area contributed by atoms with Crippen LogP contribution >= 0.6 is 0 Å². The van der Waals surface area contributed by atoms with Gasteiger partial charge in [-0.05, 0) is 50.8 Å². The molecule has 0 radical (unpaired) electrons. The Hall–Kier alpha value is -4.43. The Balaban J connectivity index is 1.32. The van der Waals surface area contributed by atoms with Crippen LogP contribution in [-0.2, 0) is 17.8 Å². The van der Waals surface area contributed by atoms with Crippen molar-refractivity contribution in [2.75, 3.05) is 62.8 Å². The van der Waals surface area contributed by atoms with Crippen molar-refractivity contribution in [1.29, 1.82) is 0 Å². The van der Waals surface area contributed by atoms with Crippen molar-refractivity contribution in [2.24, 2.45) is 0 Å². The topological polar surface area (TPSA) is 89.6 Å². The third-order valence-electron chi connectivity index (χ3n) is 8.93. The Morgan fingerprint density at radius 2 is 2.04 bits per heavy atom. The third-order valence-corrected chi connectivity index (χ3v) is 8.93. The molecule has 1 aromatic heterocycles. The van der Waals surface area contributed by atoms with Crippen molar-refractivity contribution >= 4 is 28.2 Å². The van der Waals surface area contributed by atoms with E-state index in [2.05, 4.69) is 32.7 Å². The highest BCUT2D eigenvalue weighted by Gasteiger charge is 2.35. The second-order valence-corrected chi connectivity index (χ2v) is 12.2. The van der Waals surface area contributed by atoms with E-state index in [-0.39, 0.29) is 30.3 Å². The fourth-order valence-corrected chi connectivity index (χ4v) is 6.57. The molecule has 2 aliphatic heterocycles. The monoisotopic (exact) mass is 613 g/mol. The van der Waals surface area contributed by atoms with Crippen LogP contribution in [0, 0.1) is 6.57 Å². The number of aromatic nitrogens is 2. The van der Waals surface area contributed by atoms with Gasteiger partial charge in [0.05, 0.1) is 12.2 Å². The number of hydrogen-bond donors (Lipinski definition) is 1. The molecule has 10 nitrogen and oxygen atoms in total. The average Bonchev–Trinajstić information content (AvgIpc) is 3.89. The molecule has 3 aromatic rings. The van der Waals surface area contributed by atoms with Crippen molar-refractivity contribution in [3.63, 3.8) is 0 Å². The number of hydrogen-bond acceptors (Lipinski definition) is 8. The van der Waals surface area contributed by atoms with Gasteiger partial charge in [0.1, 0.15) is 30.4 Å². The third kappa shape index (κ3) is 6.81. The fraction of sp³-hybridized carbons (Fsp3) is 0.471. The molecular weight excluding hydrogens is 573 g/mol. The molecule has 6 rings (SSSR count). The predicted octanol–water partition coefficient (Wildman–Crippen LogP) is 4.22. The Bertz CT molecular complexity index is 1620. The SMILES string of the molecule is [C-]#[N+]C[C@H]1CN(c2nc(O[C@H](C)CN(C)C3CC3)nc3c2CCN(c2cc(O)cc4ccccc24)C3)CCN1C(=O)/C=C/CF. The first-order chi connectivity index (χ1) is 21.8. The van der Waals surface area contributed by atoms with Gasteiger partial charge in [-0.3, -0.25) is 9.69 Å². The highest BCUT2D eigenvalue weighted by atomic mass is 19.1. The summed E-state index contributed by atoms with van der Waals surface area (Å²) < 4.78 is 19.1. The molecule has 2 atom stereocenters. The van der Waals surface area contributed by atoms with Gasteiger partial charge >= 0.3 is 6.01 Å². The van der Waals surface area contributed by atoms with Gasteiger partial charge in [-0.2, -0.15) is 9.97 Å². The lowest BCUT2D eigenvalue weighted by Gasteiger charge is -2.41. The predicted molar refractivity (Wildman–Crippen MR) is 172 cm³/mol. The number of allylic oxidation sites excluding steroid dienone is 1. The maximum Gasteiger partial charge on any atom is 0.318 e. The number of benzene rings is 2. The highest BCUT2D eigenvalue weighted by Crippen LogP contribution is 2.37. The number of halogens is 1. The number of nitrogens with zero attached hydrogens (tertiary/aromatic N) is 7. The maximum atomic E-state index is 12.8. The number of phenolic OH excluding ortho intramolecular Hbond substituents is 1. The lowest BCUT2D eigenvalue weighted by atomic mass is 10.0. The van der Waals surface area contributed by atoms with Crippen molar-refractivity contribution in [3.05, 3.63) is 71.2 Å². The van der Waals surface area contributed by atoms with Gasteiger partial charge in [-0.25, -0.2) is 11.0 Å². The molecule has 1 saturated heterocycles. The number of anilines is 2. The molecule has 2 fully saturated rings. The molecule has 3 aliphatic rings. The number of piperazine rings is 1. The molecular formula is C34H40FN7O3. The normalized spacial score (nSPS) is 19.2. The highest BCUT2D eigenvalue weighted by molar-refractivity contribution is 5.95. The van der Waals surface area contributed by atoms with E-state index in [0.29, 0.717) is 51.2 Å². The second kappa shape index (κ2) is 13.3. The van der Waals surface area contributed by atoms with E-state index in [1.807, 2.05) is 31.2 Å². The first kappa shape index (κ1) is 30.6. The number of alkyl halides is 1. The van der Waals surface area contributed by atoms with Crippen molar-refractivity contribution in [1.82, 2.24) is 19.8 Å². The summed E-state index contributed by atoms with van der Waals surface area (Å²) in [7, 11) is 2.12. The number of carbonyl (C=O) groups excluding carboxylic acids is 1. The van der Waals surface area contributed by atoms with E-state index < -0.39 is 6.67 Å². The molecule has 236 valence electrons. The van der Waals surface area contributed by atoms with Crippen molar-refractivity contribution in [3.8, 4) is 11.8 Å². The van der Waals surface area contributed by atoms with Crippen LogP contribution in [0.1, 0.15) is 31.0 Å². The molecule has 0 bridgehead atoms. The van der Waals surface area contributed by atoms with Gasteiger partial charge in [-0.15, -0.1) is 0 Å². The standard InChI is InChI=1S/C34H40FN7O3/c1-23(20-39(3)25-10-11-25)45-34-37-30-22-40(31-18-27(43)17-24-7-4-5-8-28(24)31)14-12-29(30)33(38-34)41-15-16-42(26(21-41)19-36-2)32(44)9-6-13-35/h4-9,17-18,23,25-26,43H,10-16,19-22H2,1,3H3/b9-6+/t23-,26+/m1/s1. The Kier molecular flexibility index (Phi) is 9.03. The van der Waals surface area contributed by atoms with Crippen molar-refractivity contribution in [2.45, 2.75) is 50.9 Å². The minimum absolute atomic E-state index is 0.122. The number of ether oxygens (including phenoxy) is 1. The first-order valence-corrected chi connectivity index (χ1v) is 15.7. The molecule has 1 aliphatic carbocycles. The average molecular weight is 614 g/mol. The van der Waals surface area contributed by atoms with Crippen LogP contribution in [0.25, 0.3) is 15.6 Å². The summed E-state index contributed by atoms with van der Waals surface area (Å²) in [5, 5.41) is 12.6. The molecule has 0 unspecified atom stereocenters. The number of aromatic hydroxyl groups is 1. The minimum atomic E-state index is -0.709. The summed E-state index contributed by atoms with van der Waals surface area (Å²) in [5.41, 5.74) is 2.84. The molecule has 11 heteroatoms. The maximum absolute atomic E-state index is 12.8. The van der Waals surface area contributed by atoms with Gasteiger partial charge in [0.15, 0.2) is 0 Å². The van der Waals surface area contributed by atoms with Gasteiger partial charge in [0, 0.05) is 67.5 Å². The quantitative estimate of drug-likeness (QED) is 0.269. The molecule has 1 N–H and O–H groups in total. The first-order valence-electron chi connectivity index (χ1n) is 15.7. The molecule has 0 spiro atoms. The fourth-order valence-electron chi connectivity index (χ4n) is 6.57. The lowest BCUT2D eigenvalue weighted by Crippen LogP contribution is -2.56. The Morgan fingerprint density at radius 3 is 2.82 bits per heavy atom. The van der Waals surface area contributed by atoms with Crippen LogP contribution in [0.15, 0.2) is 48.6 Å². The summed E-state index contributed by atoms with van der Waals surface area (Å²) in [5.74, 6) is 0.715. The number of carbonyl (C=O) groups is 1. The largest absolute Gasteiger partial charge is 0.508 e. The summed E-state index contributed by atoms with van der Waals surface area (Å²) in [4.78, 5) is 34.7. The van der Waals surface area contributed by atoms with Crippen LogP contribution in [0.2, 0.25) is 0 Å².